The van der Waals surface area contributed by atoms with Gasteiger partial charge >= 0.3 is 0 Å². The van der Waals surface area contributed by atoms with Crippen LogP contribution in [-0.4, -0.2) is 44.5 Å². The first-order valence-corrected chi connectivity index (χ1v) is 7.00. The van der Waals surface area contributed by atoms with Gasteiger partial charge in [-0.05, 0) is 32.9 Å². The van der Waals surface area contributed by atoms with Crippen molar-refractivity contribution in [1.29, 1.82) is 5.26 Å². The van der Waals surface area contributed by atoms with Crippen molar-refractivity contribution in [2.45, 2.75) is 20.8 Å². The average molecular weight is 277 g/mol. The summed E-state index contributed by atoms with van der Waals surface area (Å²) in [5, 5.41) is 9.05. The molecule has 0 unspecified atom stereocenters. The van der Waals surface area contributed by atoms with Crippen molar-refractivity contribution in [3.63, 3.8) is 0 Å². The highest BCUT2D eigenvalue weighted by Crippen LogP contribution is 2.14. The van der Waals surface area contributed by atoms with E-state index >= 15 is 0 Å². The molecule has 1 aromatic heterocycles. The predicted octanol–water partition coefficient (Wildman–Crippen LogP) is 2.14. The summed E-state index contributed by atoms with van der Waals surface area (Å²) >= 11 is 0. The molecule has 0 aromatic carbocycles. The van der Waals surface area contributed by atoms with E-state index < -0.39 is 0 Å². The molecule has 0 bridgehead atoms. The molecule has 20 heavy (non-hydrogen) atoms. The fourth-order valence-corrected chi connectivity index (χ4v) is 1.86. The van der Waals surface area contributed by atoms with Gasteiger partial charge in [-0.25, -0.2) is 4.98 Å². The number of hydrogen-bond donors (Lipinski definition) is 0. The van der Waals surface area contributed by atoms with Gasteiger partial charge in [0.15, 0.2) is 0 Å². The Morgan fingerprint density at radius 2 is 1.75 bits per heavy atom. The lowest BCUT2D eigenvalue weighted by Crippen LogP contribution is -2.32. The summed E-state index contributed by atoms with van der Waals surface area (Å²) < 4.78 is 10.8. The predicted molar refractivity (Wildman–Crippen MR) is 78.9 cm³/mol. The van der Waals surface area contributed by atoms with Crippen LogP contribution in [0.3, 0.4) is 0 Å². The third kappa shape index (κ3) is 5.55. The fraction of sp³-hybridized carbons (Fsp3) is 0.600. The number of aromatic nitrogens is 1. The molecule has 110 valence electrons. The second-order valence-electron chi connectivity index (χ2n) is 4.35. The number of nitriles is 1. The van der Waals surface area contributed by atoms with E-state index in [0.29, 0.717) is 32.0 Å². The van der Waals surface area contributed by atoms with Crippen molar-refractivity contribution >= 4 is 5.82 Å². The molecule has 0 saturated carbocycles. The maximum atomic E-state index is 9.05. The van der Waals surface area contributed by atoms with E-state index in [2.05, 4.69) is 16.0 Å². The van der Waals surface area contributed by atoms with Gasteiger partial charge in [-0.2, -0.15) is 5.26 Å². The van der Waals surface area contributed by atoms with Gasteiger partial charge in [0, 0.05) is 32.0 Å². The lowest BCUT2D eigenvalue weighted by atomic mass is 10.2. The van der Waals surface area contributed by atoms with Gasteiger partial charge in [-0.1, -0.05) is 0 Å². The zero-order valence-electron chi connectivity index (χ0n) is 12.6. The Morgan fingerprint density at radius 1 is 1.15 bits per heavy atom. The van der Waals surface area contributed by atoms with Gasteiger partial charge in [0.1, 0.15) is 5.82 Å². The molecule has 0 spiro atoms. The summed E-state index contributed by atoms with van der Waals surface area (Å²) in [5.41, 5.74) is 1.47. The van der Waals surface area contributed by atoms with Crippen LogP contribution in [0.2, 0.25) is 0 Å². The monoisotopic (exact) mass is 277 g/mol. The Labute approximate surface area is 121 Å². The van der Waals surface area contributed by atoms with Crippen molar-refractivity contribution in [3.8, 4) is 6.07 Å². The standard InChI is InChI=1S/C15H23N3O2/c1-4-19-8-6-18(7-9-20-5-2)15-11-14(12-16)10-13(3)17-15/h10-11H,4-9H2,1-3H3. The summed E-state index contributed by atoms with van der Waals surface area (Å²) in [6.45, 7) is 10.00. The normalized spacial score (nSPS) is 10.3. The minimum absolute atomic E-state index is 0.630. The van der Waals surface area contributed by atoms with E-state index in [1.165, 1.54) is 0 Å². The minimum atomic E-state index is 0.630. The molecule has 1 rings (SSSR count). The molecule has 0 aliphatic carbocycles. The molecule has 0 N–H and O–H groups in total. The SMILES string of the molecule is CCOCCN(CCOCC)c1cc(C#N)cc(C)n1. The lowest BCUT2D eigenvalue weighted by molar-refractivity contribution is 0.141. The number of anilines is 1. The van der Waals surface area contributed by atoms with Crippen molar-refractivity contribution in [3.05, 3.63) is 23.4 Å². The van der Waals surface area contributed by atoms with Crippen molar-refractivity contribution in [2.75, 3.05) is 44.4 Å². The number of nitrogens with zero attached hydrogens (tertiary/aromatic N) is 3. The zero-order chi connectivity index (χ0) is 14.8. The first-order valence-electron chi connectivity index (χ1n) is 7.00. The summed E-state index contributed by atoms with van der Waals surface area (Å²) in [7, 11) is 0. The van der Waals surface area contributed by atoms with Crippen LogP contribution >= 0.6 is 0 Å². The Balaban J connectivity index is 2.79. The largest absolute Gasteiger partial charge is 0.380 e. The molecule has 0 aliphatic heterocycles. The van der Waals surface area contributed by atoms with Gasteiger partial charge in [0.25, 0.3) is 0 Å². The molecule has 0 fully saturated rings. The summed E-state index contributed by atoms with van der Waals surface area (Å²) in [6, 6.07) is 5.76. The topological polar surface area (TPSA) is 58.4 Å². The summed E-state index contributed by atoms with van der Waals surface area (Å²) in [6.07, 6.45) is 0. The zero-order valence-corrected chi connectivity index (χ0v) is 12.6. The van der Waals surface area contributed by atoms with Crippen molar-refractivity contribution < 1.29 is 9.47 Å². The lowest BCUT2D eigenvalue weighted by Gasteiger charge is -2.24. The third-order valence-corrected chi connectivity index (χ3v) is 2.81. The summed E-state index contributed by atoms with van der Waals surface area (Å²) in [4.78, 5) is 6.60. The van der Waals surface area contributed by atoms with Crippen LogP contribution < -0.4 is 4.90 Å². The van der Waals surface area contributed by atoms with E-state index in [1.807, 2.05) is 26.8 Å². The smallest absolute Gasteiger partial charge is 0.130 e. The minimum Gasteiger partial charge on any atom is -0.380 e. The van der Waals surface area contributed by atoms with Crippen LogP contribution in [0.1, 0.15) is 25.1 Å². The van der Waals surface area contributed by atoms with E-state index in [-0.39, 0.29) is 0 Å². The maximum absolute atomic E-state index is 9.05. The molecule has 5 heteroatoms. The molecule has 0 saturated heterocycles. The Kier molecular flexibility index (Phi) is 7.63. The third-order valence-electron chi connectivity index (χ3n) is 2.81. The van der Waals surface area contributed by atoms with Crippen molar-refractivity contribution in [1.82, 2.24) is 4.98 Å². The highest BCUT2D eigenvalue weighted by molar-refractivity contribution is 5.46. The van der Waals surface area contributed by atoms with Gasteiger partial charge < -0.3 is 14.4 Å². The highest BCUT2D eigenvalue weighted by atomic mass is 16.5. The maximum Gasteiger partial charge on any atom is 0.130 e. The van der Waals surface area contributed by atoms with Crippen LogP contribution in [0.5, 0.6) is 0 Å². The first-order chi connectivity index (χ1) is 9.71. The number of rotatable bonds is 9. The highest BCUT2D eigenvalue weighted by Gasteiger charge is 2.10. The quantitative estimate of drug-likeness (QED) is 0.647. The summed E-state index contributed by atoms with van der Waals surface area (Å²) in [5.74, 6) is 0.806. The van der Waals surface area contributed by atoms with Gasteiger partial charge in [-0.15, -0.1) is 0 Å². The number of hydrogen-bond acceptors (Lipinski definition) is 5. The van der Waals surface area contributed by atoms with E-state index in [0.717, 1.165) is 24.6 Å². The Bertz CT molecular complexity index is 433. The molecule has 0 atom stereocenters. The van der Waals surface area contributed by atoms with E-state index in [9.17, 15) is 0 Å². The van der Waals surface area contributed by atoms with Crippen LogP contribution in [0.15, 0.2) is 12.1 Å². The Hall–Kier alpha value is -1.64. The molecule has 0 aliphatic rings. The van der Waals surface area contributed by atoms with Crippen LogP contribution in [-0.2, 0) is 9.47 Å². The second-order valence-corrected chi connectivity index (χ2v) is 4.35. The van der Waals surface area contributed by atoms with Gasteiger partial charge in [-0.3, -0.25) is 0 Å². The average Bonchev–Trinajstić information content (AvgIpc) is 2.45. The number of aryl methyl sites for hydroxylation is 1. The van der Waals surface area contributed by atoms with Crippen molar-refractivity contribution in [2.24, 2.45) is 0 Å². The number of ether oxygens (including phenoxy) is 2. The van der Waals surface area contributed by atoms with E-state index in [1.54, 1.807) is 6.07 Å². The molecular weight excluding hydrogens is 254 g/mol. The second kappa shape index (κ2) is 9.29. The molecular formula is C15H23N3O2. The molecule has 5 nitrogen and oxygen atoms in total. The van der Waals surface area contributed by atoms with Crippen LogP contribution in [0.4, 0.5) is 5.82 Å². The molecule has 1 heterocycles. The number of pyridine rings is 1. The van der Waals surface area contributed by atoms with Gasteiger partial charge in [0.05, 0.1) is 24.8 Å². The molecule has 0 radical (unpaired) electrons. The molecule has 1 aromatic rings. The fourth-order valence-electron chi connectivity index (χ4n) is 1.86. The van der Waals surface area contributed by atoms with E-state index in [4.69, 9.17) is 14.7 Å². The molecule has 0 amide bonds. The van der Waals surface area contributed by atoms with Gasteiger partial charge in [0.2, 0.25) is 0 Å². The van der Waals surface area contributed by atoms with Crippen LogP contribution in [0.25, 0.3) is 0 Å². The van der Waals surface area contributed by atoms with Crippen LogP contribution in [0, 0.1) is 18.3 Å². The first kappa shape index (κ1) is 16.4. The Morgan fingerprint density at radius 3 is 2.25 bits per heavy atom.